The number of carbonyl (C=O) groups excluding carboxylic acids is 1. The number of aromatic nitrogens is 2. The Bertz CT molecular complexity index is 956. The van der Waals surface area contributed by atoms with Crippen molar-refractivity contribution in [3.05, 3.63) is 71.6 Å². The standard InChI is InChI=1S/C23H25N3O2/c1-23(2,3)19-11-9-17(10-12-19)21-24-22(28-25-21)18-13-20(27)26(15-18)14-16-7-5-4-6-8-16/h4-12,18H,13-15H2,1-3H3. The number of nitrogens with zero attached hydrogens (tertiary/aromatic N) is 3. The third-order valence-corrected chi connectivity index (χ3v) is 5.23. The number of carbonyl (C=O) groups is 1. The van der Waals surface area contributed by atoms with Gasteiger partial charge in [-0.2, -0.15) is 4.98 Å². The lowest BCUT2D eigenvalue weighted by Crippen LogP contribution is -2.24. The largest absolute Gasteiger partial charge is 0.339 e. The second-order valence-corrected chi connectivity index (χ2v) is 8.44. The third-order valence-electron chi connectivity index (χ3n) is 5.23. The monoisotopic (exact) mass is 375 g/mol. The summed E-state index contributed by atoms with van der Waals surface area (Å²) in [5.74, 6) is 1.19. The zero-order chi connectivity index (χ0) is 19.7. The highest BCUT2D eigenvalue weighted by molar-refractivity contribution is 5.79. The molecule has 4 rings (SSSR count). The minimum absolute atomic E-state index is 0.0497. The molecule has 1 aliphatic rings. The van der Waals surface area contributed by atoms with Crippen molar-refractivity contribution in [1.29, 1.82) is 0 Å². The molecule has 1 unspecified atom stereocenters. The Hall–Kier alpha value is -2.95. The molecule has 1 saturated heterocycles. The maximum absolute atomic E-state index is 12.4. The van der Waals surface area contributed by atoms with Gasteiger partial charge in [0, 0.05) is 25.1 Å². The Kier molecular flexibility index (Phi) is 4.75. The van der Waals surface area contributed by atoms with E-state index in [9.17, 15) is 4.79 Å². The summed E-state index contributed by atoms with van der Waals surface area (Å²) in [5.41, 5.74) is 3.42. The van der Waals surface area contributed by atoms with Crippen molar-refractivity contribution in [2.24, 2.45) is 0 Å². The van der Waals surface area contributed by atoms with Crippen molar-refractivity contribution in [3.63, 3.8) is 0 Å². The quantitative estimate of drug-likeness (QED) is 0.671. The van der Waals surface area contributed by atoms with E-state index in [1.54, 1.807) is 0 Å². The Morgan fingerprint density at radius 2 is 1.79 bits per heavy atom. The molecule has 1 fully saturated rings. The highest BCUT2D eigenvalue weighted by Gasteiger charge is 2.34. The van der Waals surface area contributed by atoms with E-state index in [2.05, 4.69) is 43.0 Å². The van der Waals surface area contributed by atoms with Gasteiger partial charge >= 0.3 is 0 Å². The summed E-state index contributed by atoms with van der Waals surface area (Å²) in [5, 5.41) is 4.14. The number of amides is 1. The summed E-state index contributed by atoms with van der Waals surface area (Å²) in [7, 11) is 0. The molecular formula is C23H25N3O2. The zero-order valence-corrected chi connectivity index (χ0v) is 16.6. The molecular weight excluding hydrogens is 350 g/mol. The smallest absolute Gasteiger partial charge is 0.232 e. The number of hydrogen-bond donors (Lipinski definition) is 0. The molecule has 0 N–H and O–H groups in total. The normalized spacial score (nSPS) is 17.3. The molecule has 28 heavy (non-hydrogen) atoms. The van der Waals surface area contributed by atoms with E-state index in [0.29, 0.717) is 31.2 Å². The molecule has 1 aromatic heterocycles. The van der Waals surface area contributed by atoms with Crippen molar-refractivity contribution in [2.45, 2.75) is 45.1 Å². The highest BCUT2D eigenvalue weighted by atomic mass is 16.5. The van der Waals surface area contributed by atoms with Crippen LogP contribution in [0, 0.1) is 0 Å². The van der Waals surface area contributed by atoms with Gasteiger partial charge in [0.05, 0.1) is 5.92 Å². The lowest BCUT2D eigenvalue weighted by molar-refractivity contribution is -0.128. The van der Waals surface area contributed by atoms with Gasteiger partial charge in [0.15, 0.2) is 0 Å². The van der Waals surface area contributed by atoms with Crippen molar-refractivity contribution >= 4 is 5.91 Å². The van der Waals surface area contributed by atoms with Crippen LogP contribution in [0.5, 0.6) is 0 Å². The van der Waals surface area contributed by atoms with E-state index in [-0.39, 0.29) is 17.2 Å². The summed E-state index contributed by atoms with van der Waals surface area (Å²) < 4.78 is 5.51. The maximum Gasteiger partial charge on any atom is 0.232 e. The summed E-state index contributed by atoms with van der Waals surface area (Å²) in [6.45, 7) is 7.79. The summed E-state index contributed by atoms with van der Waals surface area (Å²) in [6.07, 6.45) is 0.414. The van der Waals surface area contributed by atoms with Crippen LogP contribution in [0.2, 0.25) is 0 Å². The minimum Gasteiger partial charge on any atom is -0.339 e. The van der Waals surface area contributed by atoms with Crippen LogP contribution in [0.3, 0.4) is 0 Å². The van der Waals surface area contributed by atoms with E-state index in [1.807, 2.05) is 47.4 Å². The molecule has 0 bridgehead atoms. The summed E-state index contributed by atoms with van der Waals surface area (Å²) in [6, 6.07) is 18.3. The van der Waals surface area contributed by atoms with Crippen molar-refractivity contribution in [1.82, 2.24) is 15.0 Å². The van der Waals surface area contributed by atoms with Crippen LogP contribution in [0.15, 0.2) is 59.1 Å². The molecule has 3 aromatic rings. The SMILES string of the molecule is CC(C)(C)c1ccc(-c2noc(C3CC(=O)N(Cc4ccccc4)C3)n2)cc1. The zero-order valence-electron chi connectivity index (χ0n) is 16.6. The molecule has 0 spiro atoms. The molecule has 0 aliphatic carbocycles. The van der Waals surface area contributed by atoms with E-state index >= 15 is 0 Å². The van der Waals surface area contributed by atoms with E-state index in [4.69, 9.17) is 4.52 Å². The van der Waals surface area contributed by atoms with E-state index in [0.717, 1.165) is 11.1 Å². The van der Waals surface area contributed by atoms with Crippen LogP contribution >= 0.6 is 0 Å². The Morgan fingerprint density at radius 3 is 2.46 bits per heavy atom. The van der Waals surface area contributed by atoms with Gasteiger partial charge < -0.3 is 9.42 Å². The summed E-state index contributed by atoms with van der Waals surface area (Å²) >= 11 is 0. The highest BCUT2D eigenvalue weighted by Crippen LogP contribution is 2.30. The van der Waals surface area contributed by atoms with Crippen LogP contribution < -0.4 is 0 Å². The minimum atomic E-state index is -0.0497. The number of rotatable bonds is 4. The summed E-state index contributed by atoms with van der Waals surface area (Å²) in [4.78, 5) is 18.8. The molecule has 1 amide bonds. The van der Waals surface area contributed by atoms with Crippen molar-refractivity contribution < 1.29 is 9.32 Å². The molecule has 144 valence electrons. The lowest BCUT2D eigenvalue weighted by atomic mass is 9.87. The topological polar surface area (TPSA) is 59.2 Å². The Labute approximate surface area is 165 Å². The fraction of sp³-hybridized carbons (Fsp3) is 0.348. The number of benzene rings is 2. The molecule has 0 radical (unpaired) electrons. The van der Waals surface area contributed by atoms with Gasteiger partial charge in [-0.1, -0.05) is 80.5 Å². The van der Waals surface area contributed by atoms with Gasteiger partial charge in [0.1, 0.15) is 0 Å². The van der Waals surface area contributed by atoms with Gasteiger partial charge in [-0.3, -0.25) is 4.79 Å². The van der Waals surface area contributed by atoms with Crippen LogP contribution in [-0.2, 0) is 16.8 Å². The van der Waals surface area contributed by atoms with Gasteiger partial charge in [-0.25, -0.2) is 0 Å². The second kappa shape index (κ2) is 7.23. The van der Waals surface area contributed by atoms with Gasteiger partial charge in [0.25, 0.3) is 0 Å². The molecule has 5 heteroatoms. The van der Waals surface area contributed by atoms with Crippen LogP contribution in [0.4, 0.5) is 0 Å². The fourth-order valence-corrected chi connectivity index (χ4v) is 3.53. The van der Waals surface area contributed by atoms with E-state index < -0.39 is 0 Å². The van der Waals surface area contributed by atoms with Gasteiger partial charge in [-0.15, -0.1) is 0 Å². The van der Waals surface area contributed by atoms with Gasteiger partial charge in [0.2, 0.25) is 17.6 Å². The molecule has 5 nitrogen and oxygen atoms in total. The first-order valence-electron chi connectivity index (χ1n) is 9.66. The number of hydrogen-bond acceptors (Lipinski definition) is 4. The lowest BCUT2D eigenvalue weighted by Gasteiger charge is -2.18. The second-order valence-electron chi connectivity index (χ2n) is 8.44. The van der Waals surface area contributed by atoms with Gasteiger partial charge in [-0.05, 0) is 16.5 Å². The predicted octanol–water partition coefficient (Wildman–Crippen LogP) is 4.55. The Balaban J connectivity index is 1.46. The fourth-order valence-electron chi connectivity index (χ4n) is 3.53. The predicted molar refractivity (Wildman–Crippen MR) is 108 cm³/mol. The van der Waals surface area contributed by atoms with Crippen molar-refractivity contribution in [2.75, 3.05) is 6.54 Å². The molecule has 2 heterocycles. The first kappa shape index (κ1) is 18.4. The number of likely N-dealkylation sites (tertiary alicyclic amines) is 1. The van der Waals surface area contributed by atoms with Crippen LogP contribution in [0.25, 0.3) is 11.4 Å². The molecule has 2 aromatic carbocycles. The third kappa shape index (κ3) is 3.84. The first-order chi connectivity index (χ1) is 13.4. The Morgan fingerprint density at radius 1 is 1.07 bits per heavy atom. The molecule has 0 saturated carbocycles. The van der Waals surface area contributed by atoms with Crippen molar-refractivity contribution in [3.8, 4) is 11.4 Å². The first-order valence-corrected chi connectivity index (χ1v) is 9.66. The maximum atomic E-state index is 12.4. The van der Waals surface area contributed by atoms with Crippen LogP contribution in [0.1, 0.15) is 50.1 Å². The van der Waals surface area contributed by atoms with E-state index in [1.165, 1.54) is 5.56 Å². The average Bonchev–Trinajstić information content (AvgIpc) is 3.30. The van der Waals surface area contributed by atoms with Crippen LogP contribution in [-0.4, -0.2) is 27.5 Å². The molecule has 1 aliphatic heterocycles. The average molecular weight is 375 g/mol. The molecule has 1 atom stereocenters.